The number of urea groups is 1. The molecule has 0 unspecified atom stereocenters. The number of ether oxygens (including phenoxy) is 2. The van der Waals surface area contributed by atoms with Gasteiger partial charge in [-0.1, -0.05) is 20.8 Å². The van der Waals surface area contributed by atoms with Crippen molar-refractivity contribution in [2.75, 3.05) is 20.8 Å². The van der Waals surface area contributed by atoms with Crippen molar-refractivity contribution in [2.45, 2.75) is 65.6 Å². The third-order valence-corrected chi connectivity index (χ3v) is 5.27. The van der Waals surface area contributed by atoms with Crippen LogP contribution in [-0.2, 0) is 11.2 Å². The van der Waals surface area contributed by atoms with Gasteiger partial charge < -0.3 is 25.0 Å². The molecule has 2 rings (SSSR count). The van der Waals surface area contributed by atoms with E-state index in [1.54, 1.807) is 14.2 Å². The summed E-state index contributed by atoms with van der Waals surface area (Å²) in [7, 11) is 3.22. The molecule has 3 amide bonds. The molecule has 0 aliphatic carbocycles. The third kappa shape index (κ3) is 5.14. The molecule has 2 N–H and O–H groups in total. The first-order valence-corrected chi connectivity index (χ1v) is 10.4. The Bertz CT molecular complexity index is 733. The minimum atomic E-state index is -0.287. The molecule has 0 bridgehead atoms. The summed E-state index contributed by atoms with van der Waals surface area (Å²) in [5, 5.41) is 6.15. The van der Waals surface area contributed by atoms with Gasteiger partial charge in [0.1, 0.15) is 0 Å². The molecule has 0 radical (unpaired) electrons. The summed E-state index contributed by atoms with van der Waals surface area (Å²) in [5.41, 5.74) is 2.10. The lowest BCUT2D eigenvalue weighted by Gasteiger charge is -2.42. The molecule has 7 heteroatoms. The zero-order valence-corrected chi connectivity index (χ0v) is 18.7. The number of amides is 3. The van der Waals surface area contributed by atoms with Crippen LogP contribution in [0.15, 0.2) is 12.1 Å². The number of rotatable bonds is 7. The van der Waals surface area contributed by atoms with E-state index in [2.05, 4.69) is 10.6 Å². The molecule has 1 aliphatic rings. The van der Waals surface area contributed by atoms with E-state index in [-0.39, 0.29) is 36.0 Å². The Morgan fingerprint density at radius 1 is 1.10 bits per heavy atom. The zero-order valence-electron chi connectivity index (χ0n) is 18.7. The van der Waals surface area contributed by atoms with Crippen LogP contribution in [0.4, 0.5) is 4.79 Å². The number of hydrogen-bond donors (Lipinski definition) is 2. The molecule has 0 saturated heterocycles. The maximum atomic E-state index is 13.0. The highest BCUT2D eigenvalue weighted by Crippen LogP contribution is 2.40. The minimum Gasteiger partial charge on any atom is -0.493 e. The van der Waals surface area contributed by atoms with Crippen LogP contribution in [-0.4, -0.2) is 49.7 Å². The van der Waals surface area contributed by atoms with Crippen molar-refractivity contribution in [2.24, 2.45) is 5.92 Å². The van der Waals surface area contributed by atoms with Crippen molar-refractivity contribution in [3.05, 3.63) is 23.3 Å². The Kier molecular flexibility index (Phi) is 7.76. The molecule has 162 valence electrons. The predicted octanol–water partition coefficient (Wildman–Crippen LogP) is 3.27. The molecule has 1 heterocycles. The number of nitrogens with one attached hydrogen (secondary N) is 2. The van der Waals surface area contributed by atoms with Crippen molar-refractivity contribution in [3.8, 4) is 11.5 Å². The molecule has 1 aromatic carbocycles. The molecule has 0 aromatic heterocycles. The lowest BCUT2D eigenvalue weighted by molar-refractivity contribution is -0.125. The summed E-state index contributed by atoms with van der Waals surface area (Å²) >= 11 is 0. The van der Waals surface area contributed by atoms with Gasteiger partial charge >= 0.3 is 6.03 Å². The first-order valence-electron chi connectivity index (χ1n) is 10.4. The Balaban J connectivity index is 2.53. The van der Waals surface area contributed by atoms with E-state index < -0.39 is 0 Å². The zero-order chi connectivity index (χ0) is 21.7. The van der Waals surface area contributed by atoms with E-state index >= 15 is 0 Å². The second kappa shape index (κ2) is 9.85. The molecule has 0 saturated carbocycles. The summed E-state index contributed by atoms with van der Waals surface area (Å²) in [6.07, 6.45) is 1.41. The average Bonchev–Trinajstić information content (AvgIpc) is 2.69. The monoisotopic (exact) mass is 405 g/mol. The summed E-state index contributed by atoms with van der Waals surface area (Å²) in [4.78, 5) is 27.3. The standard InChI is InChI=1S/C22H35N3O4/c1-8-17(24-21(26)13(2)3)20-16-12-19(29-7)18(28-6)11-15(16)9-10-25(20)22(27)23-14(4)5/h11-14,17,20H,8-10H2,1-7H3,(H,23,27)(H,24,26)/t17-,20-/m1/s1. The van der Waals surface area contributed by atoms with Crippen molar-refractivity contribution in [1.82, 2.24) is 15.5 Å². The highest BCUT2D eigenvalue weighted by atomic mass is 16.5. The van der Waals surface area contributed by atoms with Crippen LogP contribution in [0.3, 0.4) is 0 Å². The summed E-state index contributed by atoms with van der Waals surface area (Å²) < 4.78 is 11.0. The SMILES string of the molecule is CC[C@@H](NC(=O)C(C)C)[C@H]1c2cc(OC)c(OC)cc2CCN1C(=O)NC(C)C. The van der Waals surface area contributed by atoms with Crippen molar-refractivity contribution in [3.63, 3.8) is 0 Å². The summed E-state index contributed by atoms with van der Waals surface area (Å²) in [5.74, 6) is 1.14. The van der Waals surface area contributed by atoms with Gasteiger partial charge in [-0.25, -0.2) is 4.79 Å². The van der Waals surface area contributed by atoms with Gasteiger partial charge in [0.15, 0.2) is 11.5 Å². The van der Waals surface area contributed by atoms with Crippen LogP contribution in [0.1, 0.15) is 58.2 Å². The van der Waals surface area contributed by atoms with Crippen molar-refractivity contribution in [1.29, 1.82) is 0 Å². The number of benzene rings is 1. The largest absolute Gasteiger partial charge is 0.493 e. The van der Waals surface area contributed by atoms with E-state index in [9.17, 15) is 9.59 Å². The molecule has 0 spiro atoms. The van der Waals surface area contributed by atoms with E-state index in [1.807, 2.05) is 51.7 Å². The molecular weight excluding hydrogens is 370 g/mol. The van der Waals surface area contributed by atoms with E-state index in [1.165, 1.54) is 0 Å². The van der Waals surface area contributed by atoms with Gasteiger partial charge in [0.05, 0.1) is 26.3 Å². The van der Waals surface area contributed by atoms with Gasteiger partial charge in [-0.05, 0) is 49.9 Å². The Hall–Kier alpha value is -2.44. The van der Waals surface area contributed by atoms with Crippen LogP contribution in [0.5, 0.6) is 11.5 Å². The topological polar surface area (TPSA) is 79.9 Å². The summed E-state index contributed by atoms with van der Waals surface area (Å²) in [6.45, 7) is 10.2. The second-order valence-corrected chi connectivity index (χ2v) is 8.08. The van der Waals surface area contributed by atoms with Gasteiger partial charge in [-0.3, -0.25) is 4.79 Å². The second-order valence-electron chi connectivity index (χ2n) is 8.08. The highest BCUT2D eigenvalue weighted by molar-refractivity contribution is 5.79. The number of carbonyl (C=O) groups excluding carboxylic acids is 2. The fraction of sp³-hybridized carbons (Fsp3) is 0.636. The average molecular weight is 406 g/mol. The minimum absolute atomic E-state index is 0.0198. The molecule has 1 aromatic rings. The molecule has 7 nitrogen and oxygen atoms in total. The molecule has 2 atom stereocenters. The van der Waals surface area contributed by atoms with Crippen LogP contribution in [0.2, 0.25) is 0 Å². The summed E-state index contributed by atoms with van der Waals surface area (Å²) in [6, 6.07) is 3.33. The number of nitrogens with zero attached hydrogens (tertiary/aromatic N) is 1. The van der Waals surface area contributed by atoms with Crippen LogP contribution < -0.4 is 20.1 Å². The first kappa shape index (κ1) is 22.8. The lowest BCUT2D eigenvalue weighted by atomic mass is 9.86. The Morgan fingerprint density at radius 2 is 1.72 bits per heavy atom. The van der Waals surface area contributed by atoms with E-state index in [0.29, 0.717) is 30.9 Å². The van der Waals surface area contributed by atoms with E-state index in [0.717, 1.165) is 11.1 Å². The lowest BCUT2D eigenvalue weighted by Crippen LogP contribution is -2.54. The maximum Gasteiger partial charge on any atom is 0.318 e. The van der Waals surface area contributed by atoms with Crippen molar-refractivity contribution < 1.29 is 19.1 Å². The first-order chi connectivity index (χ1) is 13.7. The number of carbonyl (C=O) groups is 2. The fourth-order valence-corrected chi connectivity index (χ4v) is 3.72. The van der Waals surface area contributed by atoms with Crippen LogP contribution in [0, 0.1) is 5.92 Å². The Morgan fingerprint density at radius 3 is 2.24 bits per heavy atom. The van der Waals surface area contributed by atoms with Gasteiger partial charge in [-0.15, -0.1) is 0 Å². The molecule has 0 fully saturated rings. The quantitative estimate of drug-likeness (QED) is 0.730. The van der Waals surface area contributed by atoms with Crippen LogP contribution in [0.25, 0.3) is 0 Å². The van der Waals surface area contributed by atoms with Gasteiger partial charge in [-0.2, -0.15) is 0 Å². The van der Waals surface area contributed by atoms with Gasteiger partial charge in [0.25, 0.3) is 0 Å². The van der Waals surface area contributed by atoms with E-state index in [4.69, 9.17) is 9.47 Å². The Labute approximate surface area is 174 Å². The molecule has 1 aliphatic heterocycles. The number of fused-ring (bicyclic) bond motifs is 1. The molecular formula is C22H35N3O4. The number of methoxy groups -OCH3 is 2. The van der Waals surface area contributed by atoms with Gasteiger partial charge in [0, 0.05) is 18.5 Å². The highest BCUT2D eigenvalue weighted by Gasteiger charge is 2.37. The number of hydrogen-bond acceptors (Lipinski definition) is 4. The third-order valence-electron chi connectivity index (χ3n) is 5.27. The van der Waals surface area contributed by atoms with Crippen LogP contribution >= 0.6 is 0 Å². The normalized spacial score (nSPS) is 17.0. The predicted molar refractivity (Wildman–Crippen MR) is 113 cm³/mol. The fourth-order valence-electron chi connectivity index (χ4n) is 3.72. The molecule has 29 heavy (non-hydrogen) atoms. The smallest absolute Gasteiger partial charge is 0.318 e. The van der Waals surface area contributed by atoms with Gasteiger partial charge in [0.2, 0.25) is 5.91 Å². The maximum absolute atomic E-state index is 13.0. The van der Waals surface area contributed by atoms with Crippen molar-refractivity contribution >= 4 is 11.9 Å².